The lowest BCUT2D eigenvalue weighted by atomic mass is 10.2. The minimum Gasteiger partial charge on any atom is -0.320 e. The van der Waals surface area contributed by atoms with E-state index in [2.05, 4.69) is 20.6 Å². The Morgan fingerprint density at radius 2 is 2.23 bits per heavy atom. The van der Waals surface area contributed by atoms with Gasteiger partial charge in [-0.25, -0.2) is 0 Å². The summed E-state index contributed by atoms with van der Waals surface area (Å²) >= 11 is 1.17. The van der Waals surface area contributed by atoms with E-state index in [9.17, 15) is 4.79 Å². The molecule has 7 nitrogen and oxygen atoms in total. The molecular formula is C14H12N6OS. The zero-order chi connectivity index (χ0) is 15.7. The van der Waals surface area contributed by atoms with Gasteiger partial charge in [0.05, 0.1) is 11.6 Å². The minimum absolute atomic E-state index is 0.167. The molecule has 3 rings (SSSR count). The van der Waals surface area contributed by atoms with Gasteiger partial charge in [0.15, 0.2) is 5.82 Å². The van der Waals surface area contributed by atoms with Crippen LogP contribution < -0.4 is 5.32 Å². The lowest BCUT2D eigenvalue weighted by Gasteiger charge is -2.02. The maximum atomic E-state index is 12.3. The molecule has 22 heavy (non-hydrogen) atoms. The highest BCUT2D eigenvalue weighted by molar-refractivity contribution is 7.18. The average molecular weight is 312 g/mol. The molecule has 110 valence electrons. The Hall–Kier alpha value is -2.79. The van der Waals surface area contributed by atoms with Crippen LogP contribution in [0.25, 0.3) is 4.96 Å². The van der Waals surface area contributed by atoms with Crippen LogP contribution in [0, 0.1) is 11.3 Å². The second kappa shape index (κ2) is 5.54. The SMILES string of the molecule is CC(C)c1nnc2sc(C(=O)Nc3cccc(C#N)c3)nn12. The molecule has 0 atom stereocenters. The second-order valence-corrected chi connectivity index (χ2v) is 5.92. The summed E-state index contributed by atoms with van der Waals surface area (Å²) in [6.45, 7) is 3.98. The molecule has 1 aromatic carbocycles. The summed E-state index contributed by atoms with van der Waals surface area (Å²) in [5.74, 6) is 0.553. The molecule has 0 saturated heterocycles. The Morgan fingerprint density at radius 3 is 2.95 bits per heavy atom. The third-order valence-electron chi connectivity index (χ3n) is 2.98. The van der Waals surface area contributed by atoms with Crippen LogP contribution in [-0.4, -0.2) is 25.7 Å². The fraction of sp³-hybridized carbons (Fsp3) is 0.214. The number of hydrogen-bond acceptors (Lipinski definition) is 6. The highest BCUT2D eigenvalue weighted by Crippen LogP contribution is 2.19. The van der Waals surface area contributed by atoms with Crippen LogP contribution in [0.4, 0.5) is 5.69 Å². The molecule has 3 aromatic rings. The number of anilines is 1. The highest BCUT2D eigenvalue weighted by atomic mass is 32.1. The van der Waals surface area contributed by atoms with E-state index in [1.165, 1.54) is 11.3 Å². The van der Waals surface area contributed by atoms with Crippen LogP contribution in [0.15, 0.2) is 24.3 Å². The monoisotopic (exact) mass is 312 g/mol. The third-order valence-corrected chi connectivity index (χ3v) is 3.87. The molecule has 0 bridgehead atoms. The van der Waals surface area contributed by atoms with Crippen LogP contribution in [0.1, 0.15) is 41.0 Å². The van der Waals surface area contributed by atoms with Crippen LogP contribution in [-0.2, 0) is 0 Å². The number of nitrogens with one attached hydrogen (secondary N) is 1. The summed E-state index contributed by atoms with van der Waals surface area (Å²) < 4.78 is 1.59. The van der Waals surface area contributed by atoms with Crippen molar-refractivity contribution < 1.29 is 4.79 Å². The van der Waals surface area contributed by atoms with E-state index in [1.807, 2.05) is 19.9 Å². The number of aromatic nitrogens is 4. The van der Waals surface area contributed by atoms with E-state index >= 15 is 0 Å². The molecule has 0 aliphatic rings. The van der Waals surface area contributed by atoms with E-state index in [0.29, 0.717) is 21.2 Å². The van der Waals surface area contributed by atoms with Crippen molar-refractivity contribution in [3.63, 3.8) is 0 Å². The molecule has 0 aliphatic heterocycles. The number of carbonyl (C=O) groups is 1. The zero-order valence-electron chi connectivity index (χ0n) is 11.9. The predicted molar refractivity (Wildman–Crippen MR) is 81.9 cm³/mol. The van der Waals surface area contributed by atoms with Gasteiger partial charge in [0.2, 0.25) is 9.97 Å². The molecule has 1 amide bonds. The van der Waals surface area contributed by atoms with Gasteiger partial charge in [-0.15, -0.1) is 15.3 Å². The number of rotatable bonds is 3. The topological polar surface area (TPSA) is 96.0 Å². The summed E-state index contributed by atoms with van der Waals surface area (Å²) in [7, 11) is 0. The average Bonchev–Trinajstić information content (AvgIpc) is 3.07. The van der Waals surface area contributed by atoms with Crippen molar-refractivity contribution in [2.24, 2.45) is 0 Å². The van der Waals surface area contributed by atoms with Crippen molar-refractivity contribution in [3.8, 4) is 6.07 Å². The molecule has 0 aliphatic carbocycles. The number of fused-ring (bicyclic) bond motifs is 1. The number of hydrogen-bond donors (Lipinski definition) is 1. The second-order valence-electron chi connectivity index (χ2n) is 4.96. The van der Waals surface area contributed by atoms with Crippen LogP contribution in [0.2, 0.25) is 0 Å². The Balaban J connectivity index is 1.87. The molecular weight excluding hydrogens is 300 g/mol. The first kappa shape index (κ1) is 14.2. The summed E-state index contributed by atoms with van der Waals surface area (Å²) in [6.07, 6.45) is 0. The zero-order valence-corrected chi connectivity index (χ0v) is 12.8. The Morgan fingerprint density at radius 1 is 1.41 bits per heavy atom. The van der Waals surface area contributed by atoms with Crippen LogP contribution >= 0.6 is 11.3 Å². The Bertz CT molecular complexity index is 888. The maximum Gasteiger partial charge on any atom is 0.286 e. The summed E-state index contributed by atoms with van der Waals surface area (Å²) in [5.41, 5.74) is 1.04. The molecule has 2 heterocycles. The molecule has 0 radical (unpaired) electrons. The predicted octanol–water partition coefficient (Wildman–Crippen LogP) is 2.43. The molecule has 0 spiro atoms. The van der Waals surface area contributed by atoms with E-state index < -0.39 is 0 Å². The van der Waals surface area contributed by atoms with Gasteiger partial charge in [-0.3, -0.25) is 4.79 Å². The molecule has 2 aromatic heterocycles. The van der Waals surface area contributed by atoms with Gasteiger partial charge in [0.1, 0.15) is 0 Å². The van der Waals surface area contributed by atoms with Crippen molar-refractivity contribution in [3.05, 3.63) is 40.7 Å². The largest absolute Gasteiger partial charge is 0.320 e. The van der Waals surface area contributed by atoms with E-state index in [1.54, 1.807) is 28.8 Å². The van der Waals surface area contributed by atoms with Crippen LogP contribution in [0.5, 0.6) is 0 Å². The van der Waals surface area contributed by atoms with Crippen molar-refractivity contribution >= 4 is 27.9 Å². The maximum absolute atomic E-state index is 12.3. The lowest BCUT2D eigenvalue weighted by Crippen LogP contribution is -2.12. The van der Waals surface area contributed by atoms with Gasteiger partial charge >= 0.3 is 0 Å². The number of benzene rings is 1. The lowest BCUT2D eigenvalue weighted by molar-refractivity contribution is 0.102. The first-order chi connectivity index (χ1) is 10.6. The van der Waals surface area contributed by atoms with Gasteiger partial charge in [0, 0.05) is 11.6 Å². The number of nitriles is 1. The van der Waals surface area contributed by atoms with Crippen molar-refractivity contribution in [1.29, 1.82) is 5.26 Å². The first-order valence-electron chi connectivity index (χ1n) is 6.62. The summed E-state index contributed by atoms with van der Waals surface area (Å²) in [4.78, 5) is 12.8. The minimum atomic E-state index is -0.333. The molecule has 0 saturated carbocycles. The highest BCUT2D eigenvalue weighted by Gasteiger charge is 2.18. The number of amides is 1. The van der Waals surface area contributed by atoms with Crippen molar-refractivity contribution in [2.75, 3.05) is 5.32 Å². The van der Waals surface area contributed by atoms with E-state index in [0.717, 1.165) is 5.82 Å². The van der Waals surface area contributed by atoms with Crippen LogP contribution in [0.3, 0.4) is 0 Å². The Kier molecular flexibility index (Phi) is 3.56. The van der Waals surface area contributed by atoms with Gasteiger partial charge in [-0.05, 0) is 18.2 Å². The van der Waals surface area contributed by atoms with E-state index in [-0.39, 0.29) is 11.8 Å². The molecule has 0 fully saturated rings. The van der Waals surface area contributed by atoms with E-state index in [4.69, 9.17) is 5.26 Å². The summed E-state index contributed by atoms with van der Waals surface area (Å²) in [5, 5.41) is 24.2. The van der Waals surface area contributed by atoms with Gasteiger partial charge in [-0.1, -0.05) is 31.3 Å². The van der Waals surface area contributed by atoms with Gasteiger partial charge in [0.25, 0.3) is 5.91 Å². The smallest absolute Gasteiger partial charge is 0.286 e. The normalized spacial score (nSPS) is 10.8. The van der Waals surface area contributed by atoms with Crippen molar-refractivity contribution in [1.82, 2.24) is 19.8 Å². The first-order valence-corrected chi connectivity index (χ1v) is 7.44. The molecule has 0 unspecified atom stereocenters. The fourth-order valence-corrected chi connectivity index (χ4v) is 2.68. The van der Waals surface area contributed by atoms with Crippen molar-refractivity contribution in [2.45, 2.75) is 19.8 Å². The molecule has 1 N–H and O–H groups in total. The summed E-state index contributed by atoms with van der Waals surface area (Å²) in [6, 6.07) is 8.75. The fourth-order valence-electron chi connectivity index (χ4n) is 1.93. The third kappa shape index (κ3) is 2.54. The van der Waals surface area contributed by atoms with Gasteiger partial charge in [-0.2, -0.15) is 9.78 Å². The Labute approximate surface area is 130 Å². The number of nitrogens with zero attached hydrogens (tertiary/aromatic N) is 5. The standard InChI is InChI=1S/C14H12N6OS/c1-8(2)11-17-18-14-20(11)19-13(22-14)12(21)16-10-5-3-4-9(6-10)7-15/h3-6,8H,1-2H3,(H,16,21). The number of carbonyl (C=O) groups excluding carboxylic acids is 1. The van der Waals surface area contributed by atoms with Gasteiger partial charge < -0.3 is 5.32 Å². The molecule has 8 heteroatoms. The quantitative estimate of drug-likeness (QED) is 0.801.